The second kappa shape index (κ2) is 6.53. The van der Waals surface area contributed by atoms with Gasteiger partial charge in [0.1, 0.15) is 0 Å². The highest BCUT2D eigenvalue weighted by molar-refractivity contribution is 5.78. The Morgan fingerprint density at radius 3 is 2.28 bits per heavy atom. The summed E-state index contributed by atoms with van der Waals surface area (Å²) in [6.07, 6.45) is 5.57. The minimum Gasteiger partial charge on any atom is -0.344 e. The zero-order chi connectivity index (χ0) is 13.8. The first kappa shape index (κ1) is 15.4. The number of hydrogen-bond acceptors (Lipinski definition) is 3. The van der Waals surface area contributed by atoms with Crippen LogP contribution in [0.5, 0.6) is 0 Å². The van der Waals surface area contributed by atoms with Gasteiger partial charge in [-0.1, -0.05) is 13.3 Å². The largest absolute Gasteiger partial charge is 0.344 e. The van der Waals surface area contributed by atoms with Crippen molar-refractivity contribution >= 4 is 5.91 Å². The van der Waals surface area contributed by atoms with Gasteiger partial charge in [-0.15, -0.1) is 0 Å². The van der Waals surface area contributed by atoms with Crippen LogP contribution in [0.1, 0.15) is 39.0 Å². The van der Waals surface area contributed by atoms with E-state index in [-0.39, 0.29) is 17.4 Å². The van der Waals surface area contributed by atoms with E-state index in [4.69, 9.17) is 5.73 Å². The van der Waals surface area contributed by atoms with Crippen molar-refractivity contribution in [1.82, 2.24) is 9.80 Å². The summed E-state index contributed by atoms with van der Waals surface area (Å²) in [5.41, 5.74) is 5.91. The fourth-order valence-electron chi connectivity index (χ4n) is 2.85. The first-order valence-electron chi connectivity index (χ1n) is 7.09. The number of carbonyl (C=O) groups excluding carboxylic acids is 1. The molecule has 4 heteroatoms. The van der Waals surface area contributed by atoms with Crippen molar-refractivity contribution in [1.29, 1.82) is 0 Å². The molecule has 4 nitrogen and oxygen atoms in total. The van der Waals surface area contributed by atoms with Crippen LogP contribution in [0, 0.1) is 5.92 Å². The molecule has 1 fully saturated rings. The van der Waals surface area contributed by atoms with Crippen molar-refractivity contribution in [2.45, 2.75) is 44.6 Å². The number of hydrogen-bond donors (Lipinski definition) is 1. The highest BCUT2D eigenvalue weighted by Crippen LogP contribution is 2.36. The summed E-state index contributed by atoms with van der Waals surface area (Å²) in [6.45, 7) is 3.40. The van der Waals surface area contributed by atoms with Crippen molar-refractivity contribution in [2.24, 2.45) is 11.7 Å². The molecule has 1 aliphatic carbocycles. The van der Waals surface area contributed by atoms with E-state index in [0.717, 1.165) is 19.4 Å². The van der Waals surface area contributed by atoms with Crippen molar-refractivity contribution in [3.63, 3.8) is 0 Å². The van der Waals surface area contributed by atoms with Gasteiger partial charge in [-0.05, 0) is 39.8 Å². The first-order valence-corrected chi connectivity index (χ1v) is 7.09. The maximum absolute atomic E-state index is 12.3. The average Bonchev–Trinajstić information content (AvgIpc) is 2.29. The van der Waals surface area contributed by atoms with Gasteiger partial charge in [0.15, 0.2) is 0 Å². The second-order valence-electron chi connectivity index (χ2n) is 5.89. The molecule has 0 heterocycles. The van der Waals surface area contributed by atoms with E-state index in [9.17, 15) is 4.79 Å². The van der Waals surface area contributed by atoms with Crippen molar-refractivity contribution < 1.29 is 4.79 Å². The molecule has 1 aliphatic rings. The molecule has 1 saturated carbocycles. The number of nitrogens with zero attached hydrogens (tertiary/aromatic N) is 2. The Balaban J connectivity index is 2.58. The molecule has 0 radical (unpaired) electrons. The molecule has 106 valence electrons. The standard InChI is InChI=1S/C14H29N3O/c1-5-7-12(10-15)13(18)17(4)11-14(16(2)3)8-6-9-14/h12H,5-11,15H2,1-4H3. The van der Waals surface area contributed by atoms with Crippen molar-refractivity contribution in [3.05, 3.63) is 0 Å². The van der Waals surface area contributed by atoms with Crippen LogP contribution < -0.4 is 5.73 Å². The van der Waals surface area contributed by atoms with E-state index in [1.807, 2.05) is 11.9 Å². The molecule has 0 spiro atoms. The fourth-order valence-corrected chi connectivity index (χ4v) is 2.85. The van der Waals surface area contributed by atoms with E-state index >= 15 is 0 Å². The molecular weight excluding hydrogens is 226 g/mol. The predicted octanol–water partition coefficient (Wildman–Crippen LogP) is 1.30. The highest BCUT2D eigenvalue weighted by atomic mass is 16.2. The van der Waals surface area contributed by atoms with Crippen molar-refractivity contribution in [2.75, 3.05) is 34.2 Å². The molecule has 0 aromatic rings. The van der Waals surface area contributed by atoms with Crippen molar-refractivity contribution in [3.8, 4) is 0 Å². The van der Waals surface area contributed by atoms with Gasteiger partial charge in [0.2, 0.25) is 5.91 Å². The third-order valence-corrected chi connectivity index (χ3v) is 4.41. The lowest BCUT2D eigenvalue weighted by Gasteiger charge is -2.49. The van der Waals surface area contributed by atoms with Crippen LogP contribution in [0.4, 0.5) is 0 Å². The van der Waals surface area contributed by atoms with E-state index in [2.05, 4.69) is 25.9 Å². The normalized spacial score (nSPS) is 19.4. The molecule has 0 aromatic heterocycles. The van der Waals surface area contributed by atoms with Crippen LogP contribution >= 0.6 is 0 Å². The van der Waals surface area contributed by atoms with Gasteiger partial charge in [0, 0.05) is 25.7 Å². The lowest BCUT2D eigenvalue weighted by Crippen LogP contribution is -2.58. The molecule has 0 aromatic carbocycles. The zero-order valence-corrected chi connectivity index (χ0v) is 12.4. The van der Waals surface area contributed by atoms with Gasteiger partial charge in [-0.2, -0.15) is 0 Å². The van der Waals surface area contributed by atoms with Crippen LogP contribution in [0.3, 0.4) is 0 Å². The second-order valence-corrected chi connectivity index (χ2v) is 5.89. The zero-order valence-electron chi connectivity index (χ0n) is 12.4. The van der Waals surface area contributed by atoms with Gasteiger partial charge < -0.3 is 15.5 Å². The predicted molar refractivity (Wildman–Crippen MR) is 75.4 cm³/mol. The number of nitrogens with two attached hydrogens (primary N) is 1. The minimum absolute atomic E-state index is 0.000659. The molecule has 1 unspecified atom stereocenters. The van der Waals surface area contributed by atoms with Crippen LogP contribution in [0.15, 0.2) is 0 Å². The monoisotopic (exact) mass is 255 g/mol. The van der Waals surface area contributed by atoms with E-state index < -0.39 is 0 Å². The molecule has 0 aliphatic heterocycles. The van der Waals surface area contributed by atoms with E-state index in [1.165, 1.54) is 19.3 Å². The number of likely N-dealkylation sites (N-methyl/N-ethyl adjacent to an activating group) is 2. The van der Waals surface area contributed by atoms with Gasteiger partial charge in [-0.25, -0.2) is 0 Å². The van der Waals surface area contributed by atoms with Gasteiger partial charge >= 0.3 is 0 Å². The van der Waals surface area contributed by atoms with Gasteiger partial charge in [0.05, 0.1) is 5.92 Å². The Morgan fingerprint density at radius 1 is 1.33 bits per heavy atom. The number of amides is 1. The molecule has 1 rings (SSSR count). The van der Waals surface area contributed by atoms with Crippen LogP contribution in [0.2, 0.25) is 0 Å². The topological polar surface area (TPSA) is 49.6 Å². The quantitative estimate of drug-likeness (QED) is 0.746. The maximum Gasteiger partial charge on any atom is 0.226 e. The highest BCUT2D eigenvalue weighted by Gasteiger charge is 2.41. The number of rotatable bonds is 7. The Morgan fingerprint density at radius 2 is 1.94 bits per heavy atom. The lowest BCUT2D eigenvalue weighted by atomic mass is 9.75. The van der Waals surface area contributed by atoms with E-state index in [0.29, 0.717) is 6.54 Å². The summed E-state index contributed by atoms with van der Waals surface area (Å²) in [4.78, 5) is 16.5. The first-order chi connectivity index (χ1) is 8.46. The van der Waals surface area contributed by atoms with Gasteiger partial charge in [-0.3, -0.25) is 4.79 Å². The van der Waals surface area contributed by atoms with Crippen LogP contribution in [-0.2, 0) is 4.79 Å². The molecule has 0 saturated heterocycles. The summed E-state index contributed by atoms with van der Waals surface area (Å²) < 4.78 is 0. The van der Waals surface area contributed by atoms with Gasteiger partial charge in [0.25, 0.3) is 0 Å². The Bertz CT molecular complexity index is 274. The number of carbonyl (C=O) groups is 1. The molecule has 2 N–H and O–H groups in total. The maximum atomic E-state index is 12.3. The summed E-state index contributed by atoms with van der Waals surface area (Å²) >= 11 is 0. The SMILES string of the molecule is CCCC(CN)C(=O)N(C)CC1(N(C)C)CCC1. The summed E-state index contributed by atoms with van der Waals surface area (Å²) in [7, 11) is 6.15. The third kappa shape index (κ3) is 3.23. The molecule has 1 amide bonds. The molecule has 18 heavy (non-hydrogen) atoms. The molecule has 0 bridgehead atoms. The molecular formula is C14H29N3O. The summed E-state index contributed by atoms with van der Waals surface area (Å²) in [5, 5.41) is 0. The summed E-state index contributed by atoms with van der Waals surface area (Å²) in [6, 6.07) is 0. The van der Waals surface area contributed by atoms with Crippen LogP contribution in [-0.4, -0.2) is 55.5 Å². The molecule has 1 atom stereocenters. The fraction of sp³-hybridized carbons (Fsp3) is 0.929. The van der Waals surface area contributed by atoms with E-state index in [1.54, 1.807) is 0 Å². The smallest absolute Gasteiger partial charge is 0.226 e. The Labute approximate surface area is 111 Å². The Kier molecular flexibility index (Phi) is 5.60. The minimum atomic E-state index is -0.000659. The summed E-state index contributed by atoms with van der Waals surface area (Å²) in [5.74, 6) is 0.215. The lowest BCUT2D eigenvalue weighted by molar-refractivity contribution is -0.136. The average molecular weight is 255 g/mol. The Hall–Kier alpha value is -0.610. The third-order valence-electron chi connectivity index (χ3n) is 4.41. The van der Waals surface area contributed by atoms with Crippen LogP contribution in [0.25, 0.3) is 0 Å².